The Morgan fingerprint density at radius 3 is 2.95 bits per heavy atom. The summed E-state index contributed by atoms with van der Waals surface area (Å²) >= 11 is 7.27. The molecule has 0 saturated heterocycles. The van der Waals surface area contributed by atoms with Crippen molar-refractivity contribution in [2.24, 2.45) is 0 Å². The van der Waals surface area contributed by atoms with Crippen molar-refractivity contribution in [1.29, 1.82) is 0 Å². The highest BCUT2D eigenvalue weighted by atomic mass is 35.5. The number of halogens is 1. The first-order chi connectivity index (χ1) is 10.1. The second-order valence-corrected chi connectivity index (χ2v) is 5.45. The lowest BCUT2D eigenvalue weighted by molar-refractivity contribution is -0.113. The maximum Gasteiger partial charge on any atom is 0.234 e. The zero-order valence-electron chi connectivity index (χ0n) is 11.6. The fraction of sp³-hybridized carbons (Fsp3) is 0.308. The quantitative estimate of drug-likeness (QED) is 0.798. The van der Waals surface area contributed by atoms with Crippen LogP contribution in [0.15, 0.2) is 23.4 Å². The van der Waals surface area contributed by atoms with Gasteiger partial charge in [0, 0.05) is 12.1 Å². The number of hydrogen-bond donors (Lipinski definition) is 2. The third-order valence-corrected chi connectivity index (χ3v) is 3.76. The first-order valence-corrected chi connectivity index (χ1v) is 7.66. The molecule has 0 unspecified atom stereocenters. The number of aromatic nitrogens is 3. The Kier molecular flexibility index (Phi) is 5.46. The summed E-state index contributed by atoms with van der Waals surface area (Å²) in [6.45, 7) is 1.98. The van der Waals surface area contributed by atoms with Crippen LogP contribution < -0.4 is 10.1 Å². The molecule has 2 rings (SSSR count). The maximum absolute atomic E-state index is 11.9. The molecule has 1 amide bonds. The molecule has 2 aromatic rings. The molecule has 6 nitrogen and oxygen atoms in total. The van der Waals surface area contributed by atoms with E-state index in [4.69, 9.17) is 16.3 Å². The van der Waals surface area contributed by atoms with E-state index in [9.17, 15) is 4.79 Å². The second-order valence-electron chi connectivity index (χ2n) is 4.10. The highest BCUT2D eigenvalue weighted by Gasteiger charge is 2.09. The fourth-order valence-electron chi connectivity index (χ4n) is 1.57. The van der Waals surface area contributed by atoms with Crippen molar-refractivity contribution in [2.75, 3.05) is 18.2 Å². The van der Waals surface area contributed by atoms with E-state index in [0.29, 0.717) is 21.6 Å². The lowest BCUT2D eigenvalue weighted by Crippen LogP contribution is -2.14. The van der Waals surface area contributed by atoms with Gasteiger partial charge in [0.05, 0.1) is 17.9 Å². The van der Waals surface area contributed by atoms with Crippen molar-refractivity contribution in [3.63, 3.8) is 0 Å². The van der Waals surface area contributed by atoms with E-state index in [1.165, 1.54) is 18.9 Å². The van der Waals surface area contributed by atoms with Crippen LogP contribution in [0.25, 0.3) is 0 Å². The third kappa shape index (κ3) is 4.37. The molecular weight excluding hydrogens is 312 g/mol. The Labute approximate surface area is 131 Å². The molecule has 8 heteroatoms. The van der Waals surface area contributed by atoms with Crippen LogP contribution in [0.2, 0.25) is 5.02 Å². The van der Waals surface area contributed by atoms with Gasteiger partial charge < -0.3 is 10.1 Å². The number of carbonyl (C=O) groups is 1. The highest BCUT2D eigenvalue weighted by Crippen LogP contribution is 2.27. The van der Waals surface area contributed by atoms with Gasteiger partial charge in [-0.15, -0.1) is 5.10 Å². The van der Waals surface area contributed by atoms with Crippen LogP contribution in [-0.2, 0) is 11.2 Å². The van der Waals surface area contributed by atoms with E-state index in [1.54, 1.807) is 18.2 Å². The second kappa shape index (κ2) is 7.33. The minimum atomic E-state index is -0.149. The lowest BCUT2D eigenvalue weighted by atomic mass is 10.3. The zero-order chi connectivity index (χ0) is 15.2. The number of ether oxygens (including phenoxy) is 1. The van der Waals surface area contributed by atoms with Crippen LogP contribution in [-0.4, -0.2) is 34.0 Å². The number of carbonyl (C=O) groups excluding carboxylic acids is 1. The number of nitrogens with zero attached hydrogens (tertiary/aromatic N) is 2. The predicted octanol–water partition coefficient (Wildman–Crippen LogP) is 2.76. The van der Waals surface area contributed by atoms with Gasteiger partial charge in [-0.3, -0.25) is 9.89 Å². The van der Waals surface area contributed by atoms with Gasteiger partial charge >= 0.3 is 0 Å². The van der Waals surface area contributed by atoms with Crippen LogP contribution in [0.1, 0.15) is 12.7 Å². The minimum Gasteiger partial charge on any atom is -0.495 e. The van der Waals surface area contributed by atoms with Crippen LogP contribution in [0.3, 0.4) is 0 Å². The first-order valence-electron chi connectivity index (χ1n) is 6.29. The van der Waals surface area contributed by atoms with E-state index < -0.39 is 0 Å². The van der Waals surface area contributed by atoms with Gasteiger partial charge in [-0.25, -0.2) is 4.98 Å². The molecule has 1 aromatic carbocycles. The first kappa shape index (κ1) is 15.7. The van der Waals surface area contributed by atoms with Gasteiger partial charge in [0.1, 0.15) is 11.6 Å². The Morgan fingerprint density at radius 2 is 2.33 bits per heavy atom. The number of H-pyrrole nitrogens is 1. The van der Waals surface area contributed by atoms with Crippen LogP contribution in [0, 0.1) is 0 Å². The largest absolute Gasteiger partial charge is 0.495 e. The Bertz CT molecular complexity index is 632. The van der Waals surface area contributed by atoms with Crippen LogP contribution in [0.5, 0.6) is 5.75 Å². The molecule has 0 aliphatic rings. The Balaban J connectivity index is 1.88. The van der Waals surface area contributed by atoms with Crippen LogP contribution >= 0.6 is 23.4 Å². The third-order valence-electron chi connectivity index (χ3n) is 2.61. The van der Waals surface area contributed by atoms with E-state index >= 15 is 0 Å². The summed E-state index contributed by atoms with van der Waals surface area (Å²) in [7, 11) is 1.54. The highest BCUT2D eigenvalue weighted by molar-refractivity contribution is 7.99. The van der Waals surface area contributed by atoms with Crippen molar-refractivity contribution in [3.05, 3.63) is 29.0 Å². The van der Waals surface area contributed by atoms with Gasteiger partial charge in [-0.05, 0) is 18.2 Å². The van der Waals surface area contributed by atoms with Gasteiger partial charge in [-0.2, -0.15) is 0 Å². The molecule has 0 radical (unpaired) electrons. The number of aromatic amines is 1. The van der Waals surface area contributed by atoms with Crippen LogP contribution in [0.4, 0.5) is 5.69 Å². The molecule has 2 N–H and O–H groups in total. The summed E-state index contributed by atoms with van der Waals surface area (Å²) in [4.78, 5) is 16.1. The van der Waals surface area contributed by atoms with Crippen molar-refractivity contribution in [1.82, 2.24) is 15.2 Å². The SMILES string of the molecule is CCc1nc(SCC(=O)Nc2ccc(OC)c(Cl)c2)n[nH]1. The Hall–Kier alpha value is -1.73. The summed E-state index contributed by atoms with van der Waals surface area (Å²) in [5.74, 6) is 1.45. The summed E-state index contributed by atoms with van der Waals surface area (Å²) in [5.41, 5.74) is 0.621. The summed E-state index contributed by atoms with van der Waals surface area (Å²) in [5, 5.41) is 10.6. The van der Waals surface area contributed by atoms with Crippen molar-refractivity contribution in [3.8, 4) is 5.75 Å². The number of amides is 1. The minimum absolute atomic E-state index is 0.149. The van der Waals surface area contributed by atoms with Gasteiger partial charge in [-0.1, -0.05) is 30.3 Å². The number of benzene rings is 1. The number of anilines is 1. The molecule has 112 valence electrons. The van der Waals surface area contributed by atoms with Gasteiger partial charge in [0.25, 0.3) is 0 Å². The number of thioether (sulfide) groups is 1. The van der Waals surface area contributed by atoms with E-state index in [2.05, 4.69) is 20.5 Å². The van der Waals surface area contributed by atoms with E-state index in [-0.39, 0.29) is 11.7 Å². The number of aryl methyl sites for hydroxylation is 1. The zero-order valence-corrected chi connectivity index (χ0v) is 13.2. The molecule has 0 saturated carbocycles. The van der Waals surface area contributed by atoms with E-state index in [0.717, 1.165) is 12.2 Å². The molecular formula is C13H15ClN4O2S. The van der Waals surface area contributed by atoms with Crippen molar-refractivity contribution in [2.45, 2.75) is 18.5 Å². The smallest absolute Gasteiger partial charge is 0.234 e. The van der Waals surface area contributed by atoms with Crippen molar-refractivity contribution < 1.29 is 9.53 Å². The molecule has 21 heavy (non-hydrogen) atoms. The normalized spacial score (nSPS) is 10.4. The average molecular weight is 327 g/mol. The Morgan fingerprint density at radius 1 is 1.52 bits per heavy atom. The van der Waals surface area contributed by atoms with E-state index in [1.807, 2.05) is 6.92 Å². The number of nitrogens with one attached hydrogen (secondary N) is 2. The van der Waals surface area contributed by atoms with Crippen molar-refractivity contribution >= 4 is 35.0 Å². The standard InChI is InChI=1S/C13H15ClN4O2S/c1-3-11-16-13(18-17-11)21-7-12(19)15-8-4-5-10(20-2)9(14)6-8/h4-6H,3,7H2,1-2H3,(H,15,19)(H,16,17,18). The number of methoxy groups -OCH3 is 1. The molecule has 0 spiro atoms. The topological polar surface area (TPSA) is 79.9 Å². The summed E-state index contributed by atoms with van der Waals surface area (Å²) in [6.07, 6.45) is 0.782. The molecule has 0 atom stereocenters. The number of rotatable bonds is 6. The summed E-state index contributed by atoms with van der Waals surface area (Å²) < 4.78 is 5.05. The summed E-state index contributed by atoms with van der Waals surface area (Å²) in [6, 6.07) is 5.08. The molecule has 1 heterocycles. The molecule has 0 bridgehead atoms. The monoisotopic (exact) mass is 326 g/mol. The van der Waals surface area contributed by atoms with Gasteiger partial charge in [0.15, 0.2) is 0 Å². The predicted molar refractivity (Wildman–Crippen MR) is 83.1 cm³/mol. The number of hydrogen-bond acceptors (Lipinski definition) is 5. The lowest BCUT2D eigenvalue weighted by Gasteiger charge is -2.07. The van der Waals surface area contributed by atoms with Gasteiger partial charge in [0.2, 0.25) is 11.1 Å². The fourth-order valence-corrected chi connectivity index (χ4v) is 2.45. The average Bonchev–Trinajstić information content (AvgIpc) is 2.93. The molecule has 0 aliphatic carbocycles. The molecule has 0 fully saturated rings. The molecule has 0 aliphatic heterocycles. The maximum atomic E-state index is 11.9. The molecule has 1 aromatic heterocycles.